The van der Waals surface area contributed by atoms with Crippen molar-refractivity contribution in [3.05, 3.63) is 67.0 Å². The molecular formula is C19H24N2O2. The van der Waals surface area contributed by atoms with E-state index in [9.17, 15) is 4.79 Å². The van der Waals surface area contributed by atoms with Crippen molar-refractivity contribution in [2.45, 2.75) is 26.4 Å². The Morgan fingerprint density at radius 2 is 2.00 bits per heavy atom. The zero-order valence-corrected chi connectivity index (χ0v) is 13.8. The molecule has 0 saturated heterocycles. The number of ether oxygens (including phenoxy) is 1. The fourth-order valence-corrected chi connectivity index (χ4v) is 2.52. The van der Waals surface area contributed by atoms with Gasteiger partial charge in [0.15, 0.2) is 0 Å². The van der Waals surface area contributed by atoms with Crippen LogP contribution in [0.15, 0.2) is 61.4 Å². The summed E-state index contributed by atoms with van der Waals surface area (Å²) in [6.07, 6.45) is 5.56. The molecule has 0 spiro atoms. The summed E-state index contributed by atoms with van der Waals surface area (Å²) in [7, 11) is 0. The summed E-state index contributed by atoms with van der Waals surface area (Å²) in [4.78, 5) is 14.6. The van der Waals surface area contributed by atoms with Crippen LogP contribution >= 0.6 is 0 Å². The molecule has 0 aliphatic heterocycles. The number of nitrogens with zero attached hydrogens (tertiary/aromatic N) is 2. The van der Waals surface area contributed by atoms with Crippen LogP contribution in [0.4, 0.5) is 0 Å². The Bertz CT molecular complexity index is 635. The molecule has 0 N–H and O–H groups in total. The van der Waals surface area contributed by atoms with E-state index in [1.165, 1.54) is 0 Å². The predicted molar refractivity (Wildman–Crippen MR) is 92.4 cm³/mol. The van der Waals surface area contributed by atoms with Crippen LogP contribution in [0.25, 0.3) is 0 Å². The Balaban J connectivity index is 2.18. The first-order valence-corrected chi connectivity index (χ1v) is 7.90. The third-order valence-corrected chi connectivity index (χ3v) is 3.73. The van der Waals surface area contributed by atoms with E-state index in [0.717, 1.165) is 11.3 Å². The second kappa shape index (κ2) is 8.22. The Kier molecular flexibility index (Phi) is 6.03. The molecule has 0 aliphatic rings. The van der Waals surface area contributed by atoms with Gasteiger partial charge in [-0.05, 0) is 32.0 Å². The van der Waals surface area contributed by atoms with E-state index in [-0.39, 0.29) is 11.9 Å². The summed E-state index contributed by atoms with van der Waals surface area (Å²) >= 11 is 0. The Labute approximate surface area is 138 Å². The van der Waals surface area contributed by atoms with Crippen LogP contribution in [0.3, 0.4) is 0 Å². The number of aromatic nitrogens is 1. The number of para-hydroxylation sites is 1. The topological polar surface area (TPSA) is 34.5 Å². The maximum absolute atomic E-state index is 12.8. The van der Waals surface area contributed by atoms with E-state index in [0.29, 0.717) is 19.7 Å². The average Bonchev–Trinajstić information content (AvgIpc) is 3.09. The second-order valence-corrected chi connectivity index (χ2v) is 5.35. The molecule has 0 saturated carbocycles. The fourth-order valence-electron chi connectivity index (χ4n) is 2.52. The van der Waals surface area contributed by atoms with Crippen molar-refractivity contribution in [1.82, 2.24) is 9.47 Å². The van der Waals surface area contributed by atoms with Gasteiger partial charge in [-0.1, -0.05) is 24.3 Å². The molecule has 2 aromatic rings. The van der Waals surface area contributed by atoms with Crippen molar-refractivity contribution in [2.24, 2.45) is 0 Å². The lowest BCUT2D eigenvalue weighted by Crippen LogP contribution is -2.35. The van der Waals surface area contributed by atoms with Gasteiger partial charge in [0.05, 0.1) is 6.61 Å². The summed E-state index contributed by atoms with van der Waals surface area (Å²) < 4.78 is 7.57. The van der Waals surface area contributed by atoms with Crippen LogP contribution < -0.4 is 4.74 Å². The quantitative estimate of drug-likeness (QED) is 0.697. The number of rotatable bonds is 8. The summed E-state index contributed by atoms with van der Waals surface area (Å²) in [6.45, 7) is 9.25. The van der Waals surface area contributed by atoms with Crippen LogP contribution in [0.1, 0.15) is 25.5 Å². The summed E-state index contributed by atoms with van der Waals surface area (Å²) in [5.41, 5.74) is 1.00. The highest BCUT2D eigenvalue weighted by Crippen LogP contribution is 2.21. The van der Waals surface area contributed by atoms with Crippen molar-refractivity contribution >= 4 is 5.91 Å². The van der Waals surface area contributed by atoms with Crippen LogP contribution in [-0.2, 0) is 11.3 Å². The lowest BCUT2D eigenvalue weighted by atomic mass is 10.1. The second-order valence-electron chi connectivity index (χ2n) is 5.35. The smallest absolute Gasteiger partial charge is 0.245 e. The maximum Gasteiger partial charge on any atom is 0.245 e. The number of hydrogen-bond donors (Lipinski definition) is 0. The number of hydrogen-bond acceptors (Lipinski definition) is 2. The van der Waals surface area contributed by atoms with E-state index in [1.807, 2.05) is 67.2 Å². The van der Waals surface area contributed by atoms with Crippen molar-refractivity contribution in [2.75, 3.05) is 13.2 Å². The minimum Gasteiger partial charge on any atom is -0.494 e. The molecule has 1 heterocycles. The maximum atomic E-state index is 12.8. The SMILES string of the molecule is C=CCN(Cc1ccccc1OCC)C(=O)[C@H](C)n1cccc1. The zero-order valence-electron chi connectivity index (χ0n) is 13.8. The first-order chi connectivity index (χ1) is 11.2. The lowest BCUT2D eigenvalue weighted by Gasteiger charge is -2.26. The molecule has 2 rings (SSSR count). The summed E-state index contributed by atoms with van der Waals surface area (Å²) in [5.74, 6) is 0.887. The minimum absolute atomic E-state index is 0.0624. The van der Waals surface area contributed by atoms with Gasteiger partial charge in [0.1, 0.15) is 11.8 Å². The molecule has 0 aliphatic carbocycles. The molecule has 4 nitrogen and oxygen atoms in total. The molecule has 0 unspecified atom stereocenters. The van der Waals surface area contributed by atoms with Gasteiger partial charge in [0, 0.05) is 31.0 Å². The third kappa shape index (κ3) is 4.25. The number of carbonyl (C=O) groups excluding carboxylic acids is 1. The molecule has 0 bridgehead atoms. The summed E-state index contributed by atoms with van der Waals surface area (Å²) in [5, 5.41) is 0. The van der Waals surface area contributed by atoms with E-state index in [2.05, 4.69) is 6.58 Å². The standard InChI is InChI=1S/C19H24N2O2/c1-4-12-21(19(22)16(3)20-13-8-9-14-20)15-17-10-6-7-11-18(17)23-5-2/h4,6-11,13-14,16H,1,5,12,15H2,2-3H3/t16-/m0/s1. The Morgan fingerprint density at radius 1 is 1.30 bits per heavy atom. The van der Waals surface area contributed by atoms with Crippen LogP contribution in [-0.4, -0.2) is 28.5 Å². The average molecular weight is 312 g/mol. The summed E-state index contributed by atoms with van der Waals surface area (Å²) in [6, 6.07) is 11.4. The molecule has 0 fully saturated rings. The van der Waals surface area contributed by atoms with Gasteiger partial charge >= 0.3 is 0 Å². The lowest BCUT2D eigenvalue weighted by molar-refractivity contribution is -0.134. The van der Waals surface area contributed by atoms with Gasteiger partial charge in [-0.25, -0.2) is 0 Å². The first-order valence-electron chi connectivity index (χ1n) is 7.90. The molecule has 0 radical (unpaired) electrons. The molecule has 4 heteroatoms. The Morgan fingerprint density at radius 3 is 2.65 bits per heavy atom. The van der Waals surface area contributed by atoms with Crippen molar-refractivity contribution in [1.29, 1.82) is 0 Å². The Hall–Kier alpha value is -2.49. The number of carbonyl (C=O) groups is 1. The van der Waals surface area contributed by atoms with Gasteiger partial charge in [-0.2, -0.15) is 0 Å². The number of amides is 1. The van der Waals surface area contributed by atoms with Crippen LogP contribution in [0.5, 0.6) is 5.75 Å². The zero-order chi connectivity index (χ0) is 16.7. The van der Waals surface area contributed by atoms with Gasteiger partial charge < -0.3 is 14.2 Å². The monoisotopic (exact) mass is 312 g/mol. The largest absolute Gasteiger partial charge is 0.494 e. The number of benzene rings is 1. The molecule has 1 aromatic heterocycles. The van der Waals surface area contributed by atoms with E-state index < -0.39 is 0 Å². The van der Waals surface area contributed by atoms with Gasteiger partial charge in [-0.3, -0.25) is 4.79 Å². The highest BCUT2D eigenvalue weighted by molar-refractivity contribution is 5.80. The highest BCUT2D eigenvalue weighted by atomic mass is 16.5. The molecule has 1 amide bonds. The van der Waals surface area contributed by atoms with E-state index in [4.69, 9.17) is 4.74 Å². The van der Waals surface area contributed by atoms with Gasteiger partial charge in [0.25, 0.3) is 0 Å². The normalized spacial score (nSPS) is 11.7. The molecule has 122 valence electrons. The van der Waals surface area contributed by atoms with Crippen molar-refractivity contribution in [3.63, 3.8) is 0 Å². The third-order valence-electron chi connectivity index (χ3n) is 3.73. The van der Waals surface area contributed by atoms with Crippen LogP contribution in [0, 0.1) is 0 Å². The molecular weight excluding hydrogens is 288 g/mol. The van der Waals surface area contributed by atoms with Crippen molar-refractivity contribution < 1.29 is 9.53 Å². The first kappa shape index (κ1) is 16.9. The van der Waals surface area contributed by atoms with Gasteiger partial charge in [-0.15, -0.1) is 6.58 Å². The predicted octanol–water partition coefficient (Wildman–Crippen LogP) is 3.66. The van der Waals surface area contributed by atoms with Crippen molar-refractivity contribution in [3.8, 4) is 5.75 Å². The highest BCUT2D eigenvalue weighted by Gasteiger charge is 2.21. The molecule has 1 aromatic carbocycles. The van der Waals surface area contributed by atoms with E-state index in [1.54, 1.807) is 11.0 Å². The minimum atomic E-state index is -0.246. The molecule has 1 atom stereocenters. The molecule has 23 heavy (non-hydrogen) atoms. The van der Waals surface area contributed by atoms with Crippen LogP contribution in [0.2, 0.25) is 0 Å². The van der Waals surface area contributed by atoms with E-state index >= 15 is 0 Å². The van der Waals surface area contributed by atoms with Gasteiger partial charge in [0.2, 0.25) is 5.91 Å². The fraction of sp³-hybridized carbons (Fsp3) is 0.316.